The van der Waals surface area contributed by atoms with Crippen molar-refractivity contribution in [3.05, 3.63) is 39.9 Å². The van der Waals surface area contributed by atoms with Crippen molar-refractivity contribution in [1.29, 1.82) is 0 Å². The van der Waals surface area contributed by atoms with Gasteiger partial charge in [-0.3, -0.25) is 4.79 Å². The van der Waals surface area contributed by atoms with Crippen LogP contribution in [0.15, 0.2) is 34.3 Å². The number of benzene rings is 1. The number of nitrogen functional groups attached to an aromatic ring is 1. The molecule has 0 aromatic heterocycles. The van der Waals surface area contributed by atoms with Crippen LogP contribution in [0.25, 0.3) is 0 Å². The van der Waals surface area contributed by atoms with Crippen molar-refractivity contribution in [2.24, 2.45) is 5.41 Å². The quantitative estimate of drug-likeness (QED) is 0.625. The van der Waals surface area contributed by atoms with E-state index >= 15 is 0 Å². The SMILES string of the molecule is CC(C)(C)C1=CCN(C(=O)c2ccc(N)c(Br)c2)CC1. The first-order valence-electron chi connectivity index (χ1n) is 6.83. The van der Waals surface area contributed by atoms with Crippen LogP contribution in [0.2, 0.25) is 0 Å². The molecule has 0 saturated heterocycles. The van der Waals surface area contributed by atoms with Gasteiger partial charge in [0.1, 0.15) is 0 Å². The van der Waals surface area contributed by atoms with Crippen LogP contribution in [0.3, 0.4) is 0 Å². The number of anilines is 1. The van der Waals surface area contributed by atoms with Gasteiger partial charge in [0.25, 0.3) is 5.91 Å². The van der Waals surface area contributed by atoms with Gasteiger partial charge in [0, 0.05) is 28.8 Å². The van der Waals surface area contributed by atoms with Crippen LogP contribution in [0.4, 0.5) is 5.69 Å². The second kappa shape index (κ2) is 5.60. The molecule has 0 atom stereocenters. The molecule has 0 aliphatic carbocycles. The van der Waals surface area contributed by atoms with Gasteiger partial charge < -0.3 is 10.6 Å². The molecule has 1 aliphatic rings. The molecule has 0 radical (unpaired) electrons. The van der Waals surface area contributed by atoms with Gasteiger partial charge >= 0.3 is 0 Å². The summed E-state index contributed by atoms with van der Waals surface area (Å²) in [5.74, 6) is 0.0647. The topological polar surface area (TPSA) is 46.3 Å². The minimum atomic E-state index is 0.0647. The molecule has 0 fully saturated rings. The monoisotopic (exact) mass is 336 g/mol. The summed E-state index contributed by atoms with van der Waals surface area (Å²) in [6.45, 7) is 8.12. The van der Waals surface area contributed by atoms with Crippen molar-refractivity contribution in [2.75, 3.05) is 18.8 Å². The van der Waals surface area contributed by atoms with Crippen molar-refractivity contribution in [3.63, 3.8) is 0 Å². The lowest BCUT2D eigenvalue weighted by atomic mass is 9.83. The van der Waals surface area contributed by atoms with Crippen molar-refractivity contribution >= 4 is 27.5 Å². The first-order valence-corrected chi connectivity index (χ1v) is 7.62. The van der Waals surface area contributed by atoms with Crippen LogP contribution in [-0.2, 0) is 0 Å². The highest BCUT2D eigenvalue weighted by atomic mass is 79.9. The highest BCUT2D eigenvalue weighted by Gasteiger charge is 2.24. The van der Waals surface area contributed by atoms with Crippen molar-refractivity contribution < 1.29 is 4.79 Å². The van der Waals surface area contributed by atoms with Crippen LogP contribution >= 0.6 is 15.9 Å². The van der Waals surface area contributed by atoms with Crippen molar-refractivity contribution in [1.82, 2.24) is 4.90 Å². The molecule has 3 nitrogen and oxygen atoms in total. The summed E-state index contributed by atoms with van der Waals surface area (Å²) in [5, 5.41) is 0. The number of nitrogens with zero attached hydrogens (tertiary/aromatic N) is 1. The Bertz CT molecular complexity index is 558. The average Bonchev–Trinajstić information content (AvgIpc) is 2.40. The molecule has 2 N–H and O–H groups in total. The van der Waals surface area contributed by atoms with Gasteiger partial charge in [0.15, 0.2) is 0 Å². The summed E-state index contributed by atoms with van der Waals surface area (Å²) in [5.41, 5.74) is 8.70. The first kappa shape index (κ1) is 15.1. The minimum absolute atomic E-state index is 0.0647. The molecule has 0 saturated carbocycles. The van der Waals surface area contributed by atoms with Gasteiger partial charge in [-0.1, -0.05) is 32.4 Å². The molecule has 0 bridgehead atoms. The minimum Gasteiger partial charge on any atom is -0.398 e. The molecule has 0 spiro atoms. The molecule has 1 amide bonds. The molecule has 1 aliphatic heterocycles. The summed E-state index contributed by atoms with van der Waals surface area (Å²) in [4.78, 5) is 14.3. The lowest BCUT2D eigenvalue weighted by molar-refractivity contribution is 0.0765. The molecule has 0 unspecified atom stereocenters. The summed E-state index contributed by atoms with van der Waals surface area (Å²) >= 11 is 3.37. The van der Waals surface area contributed by atoms with Gasteiger partial charge in [0.05, 0.1) is 0 Å². The number of nitrogens with two attached hydrogens (primary N) is 1. The Hall–Kier alpha value is -1.29. The number of carbonyl (C=O) groups excluding carboxylic acids is 1. The third-order valence-electron chi connectivity index (χ3n) is 3.71. The highest BCUT2D eigenvalue weighted by Crippen LogP contribution is 2.30. The molecule has 1 aromatic rings. The average molecular weight is 337 g/mol. The summed E-state index contributed by atoms with van der Waals surface area (Å²) in [6.07, 6.45) is 3.14. The van der Waals surface area contributed by atoms with E-state index in [-0.39, 0.29) is 11.3 Å². The molecular weight excluding hydrogens is 316 g/mol. The second-order valence-electron chi connectivity index (χ2n) is 6.22. The number of amides is 1. The Morgan fingerprint density at radius 1 is 1.35 bits per heavy atom. The zero-order valence-electron chi connectivity index (χ0n) is 12.2. The molecular formula is C16H21BrN2O. The van der Waals surface area contributed by atoms with E-state index in [0.29, 0.717) is 17.8 Å². The van der Waals surface area contributed by atoms with E-state index in [1.807, 2.05) is 4.90 Å². The maximum absolute atomic E-state index is 12.5. The molecule has 4 heteroatoms. The lowest BCUT2D eigenvalue weighted by Crippen LogP contribution is -2.36. The van der Waals surface area contributed by atoms with Crippen molar-refractivity contribution in [3.8, 4) is 0 Å². The smallest absolute Gasteiger partial charge is 0.254 e. The fourth-order valence-electron chi connectivity index (χ4n) is 2.38. The number of carbonyl (C=O) groups is 1. The predicted molar refractivity (Wildman–Crippen MR) is 86.6 cm³/mol. The van der Waals surface area contributed by atoms with E-state index in [1.54, 1.807) is 18.2 Å². The van der Waals surface area contributed by atoms with E-state index in [0.717, 1.165) is 17.4 Å². The third-order valence-corrected chi connectivity index (χ3v) is 4.39. The Balaban J connectivity index is 2.12. The van der Waals surface area contributed by atoms with E-state index in [4.69, 9.17) is 5.73 Å². The summed E-state index contributed by atoms with van der Waals surface area (Å²) < 4.78 is 0.770. The van der Waals surface area contributed by atoms with E-state index in [9.17, 15) is 4.79 Å². The standard InChI is InChI=1S/C16H21BrN2O/c1-16(2,3)12-6-8-19(9-7-12)15(20)11-4-5-14(18)13(17)10-11/h4-6,10H,7-9,18H2,1-3H3. The maximum atomic E-state index is 12.5. The lowest BCUT2D eigenvalue weighted by Gasteiger charge is -2.32. The van der Waals surface area contributed by atoms with E-state index < -0.39 is 0 Å². The summed E-state index contributed by atoms with van der Waals surface area (Å²) in [7, 11) is 0. The van der Waals surface area contributed by atoms with E-state index in [2.05, 4.69) is 42.8 Å². The number of hydrogen-bond acceptors (Lipinski definition) is 2. The van der Waals surface area contributed by atoms with Crippen LogP contribution in [0.5, 0.6) is 0 Å². The van der Waals surface area contributed by atoms with E-state index in [1.165, 1.54) is 5.57 Å². The predicted octanol–water partition coefficient (Wildman–Crippen LogP) is 3.85. The zero-order chi connectivity index (χ0) is 14.9. The van der Waals surface area contributed by atoms with Crippen LogP contribution < -0.4 is 5.73 Å². The van der Waals surface area contributed by atoms with Crippen LogP contribution in [0, 0.1) is 5.41 Å². The number of halogens is 1. The molecule has 1 heterocycles. The Morgan fingerprint density at radius 2 is 2.05 bits per heavy atom. The normalized spacial score (nSPS) is 16.0. The maximum Gasteiger partial charge on any atom is 0.254 e. The third kappa shape index (κ3) is 3.23. The van der Waals surface area contributed by atoms with Crippen molar-refractivity contribution in [2.45, 2.75) is 27.2 Å². The number of hydrogen-bond donors (Lipinski definition) is 1. The van der Waals surface area contributed by atoms with Gasteiger partial charge in [-0.2, -0.15) is 0 Å². The van der Waals surface area contributed by atoms with Gasteiger partial charge in [-0.15, -0.1) is 0 Å². The zero-order valence-corrected chi connectivity index (χ0v) is 13.8. The van der Waals surface area contributed by atoms with Crippen LogP contribution in [0.1, 0.15) is 37.6 Å². The highest BCUT2D eigenvalue weighted by molar-refractivity contribution is 9.10. The first-order chi connectivity index (χ1) is 9.29. The molecule has 1 aromatic carbocycles. The molecule has 2 rings (SSSR count). The Kier molecular flexibility index (Phi) is 4.23. The van der Waals surface area contributed by atoms with Gasteiger partial charge in [0.2, 0.25) is 0 Å². The number of rotatable bonds is 1. The second-order valence-corrected chi connectivity index (χ2v) is 7.07. The molecule has 20 heavy (non-hydrogen) atoms. The van der Waals surface area contributed by atoms with Gasteiger partial charge in [-0.05, 0) is 46.0 Å². The largest absolute Gasteiger partial charge is 0.398 e. The summed E-state index contributed by atoms with van der Waals surface area (Å²) in [6, 6.07) is 5.34. The Labute approximate surface area is 129 Å². The fraction of sp³-hybridized carbons (Fsp3) is 0.438. The van der Waals surface area contributed by atoms with Crippen LogP contribution in [-0.4, -0.2) is 23.9 Å². The molecule has 108 valence electrons. The fourth-order valence-corrected chi connectivity index (χ4v) is 2.76. The van der Waals surface area contributed by atoms with Gasteiger partial charge in [-0.25, -0.2) is 0 Å². The Morgan fingerprint density at radius 3 is 2.55 bits per heavy atom.